The lowest BCUT2D eigenvalue weighted by Crippen LogP contribution is -2.38. The number of aromatic nitrogens is 2. The van der Waals surface area contributed by atoms with E-state index in [4.69, 9.17) is 18.0 Å². The van der Waals surface area contributed by atoms with Crippen molar-refractivity contribution in [1.82, 2.24) is 25.9 Å². The highest BCUT2D eigenvalue weighted by atomic mass is 35.5. The number of fused-ring (bicyclic) bond motifs is 1. The number of nitrogens with one attached hydrogen (secondary N) is 4. The summed E-state index contributed by atoms with van der Waals surface area (Å²) in [6.07, 6.45) is 15.1. The largest absolute Gasteiger partial charge is 0.383 e. The van der Waals surface area contributed by atoms with Gasteiger partial charge in [0.05, 0.1) is 34.9 Å². The Morgan fingerprint density at radius 1 is 1.34 bits per heavy atom. The van der Waals surface area contributed by atoms with Gasteiger partial charge in [-0.3, -0.25) is 15.0 Å². The molecule has 1 aliphatic carbocycles. The molecule has 3 heterocycles. The minimum absolute atomic E-state index is 0.0405. The van der Waals surface area contributed by atoms with E-state index < -0.39 is 6.02 Å². The van der Waals surface area contributed by atoms with E-state index in [-0.39, 0.29) is 5.41 Å². The van der Waals surface area contributed by atoms with Crippen molar-refractivity contribution in [2.75, 3.05) is 17.2 Å². The molecule has 0 unspecified atom stereocenters. The summed E-state index contributed by atoms with van der Waals surface area (Å²) in [6.45, 7) is 7.18. The second-order valence-corrected chi connectivity index (χ2v) is 10.5. The predicted molar refractivity (Wildman–Crippen MR) is 142 cm³/mol. The number of hydrogen-bond acceptors (Lipinski definition) is 7. The third kappa shape index (κ3) is 5.14. The van der Waals surface area contributed by atoms with Gasteiger partial charge in [0, 0.05) is 48.5 Å². The molecule has 1 saturated carbocycles. The molecule has 0 saturated heterocycles. The van der Waals surface area contributed by atoms with Crippen LogP contribution < -0.4 is 21.6 Å². The van der Waals surface area contributed by atoms with Crippen LogP contribution in [0.25, 0.3) is 10.9 Å². The highest BCUT2D eigenvalue weighted by Crippen LogP contribution is 2.36. The summed E-state index contributed by atoms with van der Waals surface area (Å²) in [5.41, 5.74) is 10.5. The van der Waals surface area contributed by atoms with Crippen molar-refractivity contribution in [3.63, 3.8) is 0 Å². The molecule has 1 fully saturated rings. The fourth-order valence-electron chi connectivity index (χ4n) is 3.94. The average Bonchev–Trinajstić information content (AvgIpc) is 3.58. The topological polar surface area (TPSA) is 77.1 Å². The van der Waals surface area contributed by atoms with E-state index in [2.05, 4.69) is 58.3 Å². The van der Waals surface area contributed by atoms with E-state index >= 15 is 0 Å². The van der Waals surface area contributed by atoms with E-state index in [0.29, 0.717) is 45.6 Å². The van der Waals surface area contributed by atoms with Gasteiger partial charge in [-0.25, -0.2) is 0 Å². The average molecular weight is 489 g/mol. The standard InChI is InChI=1S/C27H30ClN7/c1-5-17-14-30-26-21(24(17)31-16-27(2,3)4)11-19(12-22(26)28)32-25(18-7-6-10-29-13-18)23-15-35(34-33-23)20-8-9-20/h1,6-7,10-15,20,25,32-34H,8-9,16H2,2-4H3,(H,30,31)/t25-/m1/s1/i25D. The van der Waals surface area contributed by atoms with Gasteiger partial charge in [0.2, 0.25) is 0 Å². The lowest BCUT2D eigenvalue weighted by molar-refractivity contribution is 0.260. The van der Waals surface area contributed by atoms with Crippen LogP contribution >= 0.6 is 11.6 Å². The molecule has 0 bridgehead atoms. The number of halogens is 1. The normalized spacial score (nSPS) is 17.7. The van der Waals surface area contributed by atoms with Gasteiger partial charge >= 0.3 is 0 Å². The molecule has 1 atom stereocenters. The maximum absolute atomic E-state index is 9.57. The van der Waals surface area contributed by atoms with Crippen LogP contribution in [0.1, 0.15) is 52.1 Å². The number of hydrazine groups is 2. The molecule has 0 spiro atoms. The Balaban J connectivity index is 1.59. The van der Waals surface area contributed by atoms with E-state index in [1.807, 2.05) is 29.4 Å². The summed E-state index contributed by atoms with van der Waals surface area (Å²) in [6, 6.07) is 6.52. The second kappa shape index (κ2) is 9.29. The molecular weight excluding hydrogens is 458 g/mol. The first-order valence-corrected chi connectivity index (χ1v) is 12.1. The molecule has 180 valence electrons. The van der Waals surface area contributed by atoms with Crippen molar-refractivity contribution in [2.45, 2.75) is 45.7 Å². The van der Waals surface area contributed by atoms with Gasteiger partial charge < -0.3 is 16.1 Å². The molecule has 1 aromatic carbocycles. The lowest BCUT2D eigenvalue weighted by Gasteiger charge is -2.23. The number of benzene rings is 1. The number of terminal acetylenes is 1. The summed E-state index contributed by atoms with van der Waals surface area (Å²) in [5, 5.41) is 10.2. The minimum atomic E-state index is -1.36. The monoisotopic (exact) mass is 488 g/mol. The van der Waals surface area contributed by atoms with Crippen molar-refractivity contribution >= 4 is 33.9 Å². The molecule has 0 radical (unpaired) electrons. The SMILES string of the molecule is [2H][C@](Nc1cc(Cl)c2ncc(C#C)c(NCC(C)(C)C)c2c1)(C1=CN(C2CC2)NN1)c1cccnc1. The summed E-state index contributed by atoms with van der Waals surface area (Å²) in [5.74, 6) is 2.74. The van der Waals surface area contributed by atoms with Crippen LogP contribution in [0.4, 0.5) is 11.4 Å². The van der Waals surface area contributed by atoms with Crippen LogP contribution in [0.3, 0.4) is 0 Å². The molecule has 4 N–H and O–H groups in total. The van der Waals surface area contributed by atoms with Crippen LogP contribution in [0.5, 0.6) is 0 Å². The molecule has 8 heteroatoms. The molecule has 1 aliphatic heterocycles. The Kier molecular flexibility index (Phi) is 5.85. The second-order valence-electron chi connectivity index (χ2n) is 10.1. The number of hydrogen-bond donors (Lipinski definition) is 4. The maximum Gasteiger partial charge on any atom is 0.0959 e. The Morgan fingerprint density at radius 2 is 2.17 bits per heavy atom. The fraction of sp³-hybridized carbons (Fsp3) is 0.333. The van der Waals surface area contributed by atoms with Gasteiger partial charge in [-0.2, -0.15) is 0 Å². The van der Waals surface area contributed by atoms with Gasteiger partial charge in [0.15, 0.2) is 0 Å². The van der Waals surface area contributed by atoms with Gasteiger partial charge in [0.25, 0.3) is 0 Å². The molecule has 7 nitrogen and oxygen atoms in total. The maximum atomic E-state index is 9.57. The summed E-state index contributed by atoms with van der Waals surface area (Å²) < 4.78 is 9.57. The Hall–Kier alpha value is -3.47. The van der Waals surface area contributed by atoms with Crippen molar-refractivity contribution in [3.8, 4) is 12.3 Å². The first kappa shape index (κ1) is 22.0. The van der Waals surface area contributed by atoms with E-state index in [1.54, 1.807) is 24.7 Å². The van der Waals surface area contributed by atoms with E-state index in [9.17, 15) is 1.37 Å². The predicted octanol–water partition coefficient (Wildman–Crippen LogP) is 5.20. The van der Waals surface area contributed by atoms with Crippen LogP contribution in [0.2, 0.25) is 5.02 Å². The summed E-state index contributed by atoms with van der Waals surface area (Å²) in [7, 11) is 0. The molecule has 0 amide bonds. The quantitative estimate of drug-likeness (QED) is 0.340. The highest BCUT2D eigenvalue weighted by Gasteiger charge is 2.32. The smallest absolute Gasteiger partial charge is 0.0959 e. The van der Waals surface area contributed by atoms with Crippen LogP contribution in [-0.2, 0) is 0 Å². The number of nitrogens with zero attached hydrogens (tertiary/aromatic N) is 3. The molecule has 3 aromatic rings. The molecule has 5 rings (SSSR count). The number of pyridine rings is 2. The fourth-order valence-corrected chi connectivity index (χ4v) is 4.21. The van der Waals surface area contributed by atoms with Gasteiger partial charge in [0.1, 0.15) is 0 Å². The Morgan fingerprint density at radius 3 is 2.86 bits per heavy atom. The Bertz CT molecular complexity index is 1360. The van der Waals surface area contributed by atoms with E-state index in [0.717, 1.165) is 23.9 Å². The zero-order chi connectivity index (χ0) is 25.5. The van der Waals surface area contributed by atoms with Crippen molar-refractivity contribution in [3.05, 3.63) is 70.9 Å². The third-order valence-electron chi connectivity index (χ3n) is 5.89. The third-order valence-corrected chi connectivity index (χ3v) is 6.18. The van der Waals surface area contributed by atoms with E-state index in [1.165, 1.54) is 0 Å². The summed E-state index contributed by atoms with van der Waals surface area (Å²) >= 11 is 6.72. The van der Waals surface area contributed by atoms with Gasteiger partial charge in [-0.05, 0) is 42.0 Å². The van der Waals surface area contributed by atoms with Gasteiger partial charge in [-0.15, -0.1) is 12.0 Å². The number of anilines is 2. The Labute approximate surface area is 212 Å². The van der Waals surface area contributed by atoms with Crippen LogP contribution in [0.15, 0.2) is 54.8 Å². The van der Waals surface area contributed by atoms with Crippen molar-refractivity contribution in [1.29, 1.82) is 0 Å². The van der Waals surface area contributed by atoms with Crippen molar-refractivity contribution < 1.29 is 1.37 Å². The lowest BCUT2D eigenvalue weighted by atomic mass is 9.96. The van der Waals surface area contributed by atoms with Gasteiger partial charge in [-0.1, -0.05) is 44.4 Å². The molecule has 35 heavy (non-hydrogen) atoms. The van der Waals surface area contributed by atoms with Crippen LogP contribution in [0, 0.1) is 17.8 Å². The highest BCUT2D eigenvalue weighted by molar-refractivity contribution is 6.35. The molecule has 2 aromatic heterocycles. The minimum Gasteiger partial charge on any atom is -0.383 e. The first-order valence-electron chi connectivity index (χ1n) is 12.2. The molecular formula is C27H30ClN7. The molecule has 2 aliphatic rings. The zero-order valence-corrected chi connectivity index (χ0v) is 20.9. The first-order chi connectivity index (χ1) is 17.2. The van der Waals surface area contributed by atoms with Crippen LogP contribution in [-0.4, -0.2) is 27.6 Å². The summed E-state index contributed by atoms with van der Waals surface area (Å²) in [4.78, 5) is 8.79. The van der Waals surface area contributed by atoms with Crippen molar-refractivity contribution in [2.24, 2.45) is 5.41 Å². The zero-order valence-electron chi connectivity index (χ0n) is 21.1. The number of rotatable bonds is 7.